The number of rotatable bonds is 6. The van der Waals surface area contributed by atoms with Crippen LogP contribution in [0.1, 0.15) is 45.1 Å². The molecule has 1 aromatic rings. The van der Waals surface area contributed by atoms with Crippen LogP contribution in [0.4, 0.5) is 0 Å². The molecule has 1 aromatic carbocycles. The van der Waals surface area contributed by atoms with E-state index in [1.54, 1.807) is 0 Å². The molecule has 0 aromatic heterocycles. The van der Waals surface area contributed by atoms with Crippen molar-refractivity contribution < 1.29 is 14.3 Å². The van der Waals surface area contributed by atoms with Crippen LogP contribution in [0.2, 0.25) is 0 Å². The molecule has 2 atom stereocenters. The third-order valence-electron chi connectivity index (χ3n) is 7.69. The molecule has 7 heteroatoms. The number of carbonyl (C=O) groups is 2. The Morgan fingerprint density at radius 2 is 1.94 bits per heavy atom. The van der Waals surface area contributed by atoms with Gasteiger partial charge in [0.15, 0.2) is 0 Å². The number of likely N-dealkylation sites (tertiary alicyclic amines) is 1. The summed E-state index contributed by atoms with van der Waals surface area (Å²) in [7, 11) is 0. The number of amides is 2. The molecule has 2 bridgehead atoms. The van der Waals surface area contributed by atoms with Gasteiger partial charge in [-0.3, -0.25) is 14.5 Å². The zero-order valence-corrected chi connectivity index (χ0v) is 21.5. The van der Waals surface area contributed by atoms with Crippen molar-refractivity contribution in [1.82, 2.24) is 20.0 Å². The summed E-state index contributed by atoms with van der Waals surface area (Å²) in [6.07, 6.45) is 8.13. The predicted octanol–water partition coefficient (Wildman–Crippen LogP) is 2.91. The Morgan fingerprint density at radius 3 is 2.74 bits per heavy atom. The van der Waals surface area contributed by atoms with Gasteiger partial charge in [0.25, 0.3) is 0 Å². The zero-order chi connectivity index (χ0) is 24.6. The van der Waals surface area contributed by atoms with Gasteiger partial charge in [0.05, 0.1) is 6.54 Å². The van der Waals surface area contributed by atoms with Gasteiger partial charge in [-0.1, -0.05) is 30.4 Å². The summed E-state index contributed by atoms with van der Waals surface area (Å²) in [5.41, 5.74) is 1.10. The van der Waals surface area contributed by atoms with Crippen molar-refractivity contribution in [3.63, 3.8) is 0 Å². The standard InChI is InChI=1S/C28H42N4O3/c1-22(2)32-20-25-8-3-4-10-26(25)35-17-7-9-24-19-31(28(34)21-32)15-11-23(24)18-27(33)29-12-16-30-13-5-6-14-30/h3-4,7-10,22-24H,5-6,11-21H2,1-2H3,(H,29,33)/b9-7-/t23-,24-/m0/s1. The summed E-state index contributed by atoms with van der Waals surface area (Å²) < 4.78 is 6.12. The van der Waals surface area contributed by atoms with Crippen LogP contribution in [0.15, 0.2) is 36.4 Å². The Morgan fingerprint density at radius 1 is 1.14 bits per heavy atom. The van der Waals surface area contributed by atoms with Crippen LogP contribution in [0.3, 0.4) is 0 Å². The second-order valence-corrected chi connectivity index (χ2v) is 10.5. The fourth-order valence-corrected chi connectivity index (χ4v) is 5.46. The minimum absolute atomic E-state index is 0.126. The maximum Gasteiger partial charge on any atom is 0.236 e. The van der Waals surface area contributed by atoms with E-state index in [1.807, 2.05) is 23.1 Å². The summed E-state index contributed by atoms with van der Waals surface area (Å²) in [4.78, 5) is 32.6. The van der Waals surface area contributed by atoms with E-state index in [-0.39, 0.29) is 29.7 Å². The monoisotopic (exact) mass is 482 g/mol. The number of benzene rings is 1. The van der Waals surface area contributed by atoms with E-state index in [0.29, 0.717) is 39.2 Å². The highest BCUT2D eigenvalue weighted by Crippen LogP contribution is 2.29. The van der Waals surface area contributed by atoms with Crippen LogP contribution < -0.4 is 10.1 Å². The Labute approximate surface area is 210 Å². The average molecular weight is 483 g/mol. The molecule has 0 radical (unpaired) electrons. The van der Waals surface area contributed by atoms with Gasteiger partial charge in [-0.15, -0.1) is 0 Å². The first kappa shape index (κ1) is 25.7. The number of fused-ring (bicyclic) bond motifs is 3. The predicted molar refractivity (Wildman–Crippen MR) is 138 cm³/mol. The number of hydrogen-bond donors (Lipinski definition) is 1. The molecule has 0 saturated carbocycles. The van der Waals surface area contributed by atoms with Gasteiger partial charge in [-0.25, -0.2) is 0 Å². The maximum absolute atomic E-state index is 13.3. The topological polar surface area (TPSA) is 65.1 Å². The number of piperidine rings is 1. The van der Waals surface area contributed by atoms with Gasteiger partial charge >= 0.3 is 0 Å². The van der Waals surface area contributed by atoms with Crippen molar-refractivity contribution in [3.8, 4) is 5.75 Å². The molecule has 0 spiro atoms. The largest absolute Gasteiger partial charge is 0.489 e. The zero-order valence-electron chi connectivity index (χ0n) is 21.5. The van der Waals surface area contributed by atoms with Crippen molar-refractivity contribution in [2.45, 2.75) is 52.1 Å². The van der Waals surface area contributed by atoms with Gasteiger partial charge < -0.3 is 19.9 Å². The maximum atomic E-state index is 13.3. The van der Waals surface area contributed by atoms with Crippen molar-refractivity contribution >= 4 is 11.8 Å². The van der Waals surface area contributed by atoms with Gasteiger partial charge in [0, 0.05) is 50.7 Å². The fourth-order valence-electron chi connectivity index (χ4n) is 5.46. The van der Waals surface area contributed by atoms with E-state index >= 15 is 0 Å². The summed E-state index contributed by atoms with van der Waals surface area (Å²) in [5.74, 6) is 1.56. The Kier molecular flexibility index (Phi) is 9.21. The fraction of sp³-hybridized carbons (Fsp3) is 0.643. The molecule has 4 rings (SSSR count). The Hall–Kier alpha value is -2.38. The number of ether oxygens (including phenoxy) is 1. The third kappa shape index (κ3) is 7.31. The van der Waals surface area contributed by atoms with E-state index < -0.39 is 0 Å². The number of para-hydroxylation sites is 1. The Bertz CT molecular complexity index is 881. The molecule has 0 aliphatic carbocycles. The second-order valence-electron chi connectivity index (χ2n) is 10.5. The smallest absolute Gasteiger partial charge is 0.236 e. The SMILES string of the molecule is CC(C)N1CC(=O)N2CC[C@@H](CC(=O)NCCN3CCCC3)[C@@H](/C=C\COc3ccccc3C1)C2. The normalized spacial score (nSPS) is 25.2. The summed E-state index contributed by atoms with van der Waals surface area (Å²) in [5, 5.41) is 3.13. The van der Waals surface area contributed by atoms with Gasteiger partial charge in [0.2, 0.25) is 11.8 Å². The lowest BCUT2D eigenvalue weighted by molar-refractivity contribution is -0.135. The van der Waals surface area contributed by atoms with Gasteiger partial charge in [-0.2, -0.15) is 0 Å². The number of nitrogens with one attached hydrogen (secondary N) is 1. The molecule has 1 N–H and O–H groups in total. The van der Waals surface area contributed by atoms with Gasteiger partial charge in [-0.05, 0) is 64.1 Å². The molecule has 192 valence electrons. The lowest BCUT2D eigenvalue weighted by Gasteiger charge is -2.38. The average Bonchev–Trinajstić information content (AvgIpc) is 3.36. The quantitative estimate of drug-likeness (QED) is 0.632. The van der Waals surface area contributed by atoms with E-state index in [2.05, 4.69) is 47.2 Å². The first-order valence-electron chi connectivity index (χ1n) is 13.4. The highest BCUT2D eigenvalue weighted by molar-refractivity contribution is 5.79. The van der Waals surface area contributed by atoms with Gasteiger partial charge in [0.1, 0.15) is 12.4 Å². The molecule has 35 heavy (non-hydrogen) atoms. The molecule has 3 aliphatic heterocycles. The number of carbonyl (C=O) groups excluding carboxylic acids is 2. The molecule has 3 aliphatic rings. The van der Waals surface area contributed by atoms with Crippen LogP contribution in [-0.4, -0.2) is 85.0 Å². The van der Waals surface area contributed by atoms with Crippen LogP contribution in [0, 0.1) is 11.8 Å². The number of hydrogen-bond acceptors (Lipinski definition) is 5. The molecular formula is C28H42N4O3. The molecule has 2 saturated heterocycles. The molecule has 7 nitrogen and oxygen atoms in total. The first-order valence-corrected chi connectivity index (χ1v) is 13.4. The molecule has 3 heterocycles. The van der Waals surface area contributed by atoms with Crippen LogP contribution >= 0.6 is 0 Å². The lowest BCUT2D eigenvalue weighted by atomic mass is 9.82. The molecule has 2 fully saturated rings. The second kappa shape index (κ2) is 12.5. The first-order chi connectivity index (χ1) is 17.0. The van der Waals surface area contributed by atoms with Crippen molar-refractivity contribution in [3.05, 3.63) is 42.0 Å². The summed E-state index contributed by atoms with van der Waals surface area (Å²) >= 11 is 0. The molecular weight excluding hydrogens is 440 g/mol. The van der Waals surface area contributed by atoms with E-state index in [4.69, 9.17) is 4.74 Å². The Balaban J connectivity index is 1.41. The molecule has 0 unspecified atom stereocenters. The van der Waals surface area contributed by atoms with Crippen molar-refractivity contribution in [2.24, 2.45) is 11.8 Å². The lowest BCUT2D eigenvalue weighted by Crippen LogP contribution is -2.48. The molecule has 2 amide bonds. The minimum Gasteiger partial charge on any atom is -0.489 e. The van der Waals surface area contributed by atoms with E-state index in [1.165, 1.54) is 12.8 Å². The minimum atomic E-state index is 0.126. The van der Waals surface area contributed by atoms with E-state index in [9.17, 15) is 9.59 Å². The summed E-state index contributed by atoms with van der Waals surface area (Å²) in [6, 6.07) is 8.33. The van der Waals surface area contributed by atoms with Crippen LogP contribution in [0.5, 0.6) is 5.75 Å². The highest BCUT2D eigenvalue weighted by Gasteiger charge is 2.32. The van der Waals surface area contributed by atoms with Crippen LogP contribution in [0.25, 0.3) is 0 Å². The van der Waals surface area contributed by atoms with Crippen molar-refractivity contribution in [1.29, 1.82) is 0 Å². The highest BCUT2D eigenvalue weighted by atomic mass is 16.5. The number of nitrogens with zero attached hydrogens (tertiary/aromatic N) is 3. The third-order valence-corrected chi connectivity index (χ3v) is 7.69. The van der Waals surface area contributed by atoms with E-state index in [0.717, 1.165) is 43.9 Å². The van der Waals surface area contributed by atoms with Crippen LogP contribution in [-0.2, 0) is 16.1 Å². The summed E-state index contributed by atoms with van der Waals surface area (Å²) in [6.45, 7) is 11.2. The van der Waals surface area contributed by atoms with Crippen molar-refractivity contribution in [2.75, 3.05) is 52.4 Å².